The SMILES string of the molecule is CCCCC(C)O.[Mg+2][Cl]. The molecule has 0 amide bonds. The van der Waals surface area contributed by atoms with Crippen molar-refractivity contribution >= 4 is 29.7 Å². The minimum absolute atomic E-state index is 0.0973. The van der Waals surface area contributed by atoms with Crippen molar-refractivity contribution < 1.29 is 5.11 Å². The minimum Gasteiger partial charge on any atom is -0.393 e. The number of hydrogen-bond acceptors (Lipinski definition) is 1. The molecule has 0 fully saturated rings. The highest BCUT2D eigenvalue weighted by atomic mass is 35.5. The molecule has 0 saturated carbocycles. The van der Waals surface area contributed by atoms with Crippen LogP contribution in [-0.4, -0.2) is 31.8 Å². The van der Waals surface area contributed by atoms with E-state index in [1.54, 1.807) is 0 Å². The maximum absolute atomic E-state index is 8.68. The van der Waals surface area contributed by atoms with Gasteiger partial charge in [-0.25, -0.2) is 0 Å². The lowest BCUT2D eigenvalue weighted by atomic mass is 10.2. The Morgan fingerprint density at radius 3 is 2.11 bits per heavy atom. The third-order valence-corrected chi connectivity index (χ3v) is 0.975. The first-order valence-electron chi connectivity index (χ1n) is 3.22. The molecule has 0 aliphatic rings. The zero-order valence-corrected chi connectivity index (χ0v) is 8.40. The van der Waals surface area contributed by atoms with E-state index in [2.05, 4.69) is 16.0 Å². The third-order valence-electron chi connectivity index (χ3n) is 0.975. The van der Waals surface area contributed by atoms with Gasteiger partial charge >= 0.3 is 29.7 Å². The molecule has 0 heterocycles. The lowest BCUT2D eigenvalue weighted by Gasteiger charge is -1.98. The van der Waals surface area contributed by atoms with Crippen molar-refractivity contribution in [3.8, 4) is 0 Å². The molecule has 51 valence electrons. The molecule has 3 heteroatoms. The Hall–Kier alpha value is 1.02. The molecule has 0 bridgehead atoms. The van der Waals surface area contributed by atoms with Crippen LogP contribution in [0.25, 0.3) is 0 Å². The van der Waals surface area contributed by atoms with Crippen LogP contribution in [0.2, 0.25) is 0 Å². The van der Waals surface area contributed by atoms with Crippen LogP contribution in [0.4, 0.5) is 0 Å². The largest absolute Gasteiger partial charge is 1.59 e. The highest BCUT2D eigenvalue weighted by molar-refractivity contribution is 6.80. The average Bonchev–Trinajstić information content (AvgIpc) is 1.88. The van der Waals surface area contributed by atoms with Crippen molar-refractivity contribution in [2.75, 3.05) is 0 Å². The molecule has 0 aromatic carbocycles. The summed E-state index contributed by atoms with van der Waals surface area (Å²) in [5.41, 5.74) is 0. The van der Waals surface area contributed by atoms with Gasteiger partial charge in [0.2, 0.25) is 0 Å². The third kappa shape index (κ3) is 17.6. The molecule has 0 spiro atoms. The van der Waals surface area contributed by atoms with E-state index in [4.69, 9.17) is 5.11 Å². The number of hydrogen-bond donors (Lipinski definition) is 1. The van der Waals surface area contributed by atoms with E-state index in [1.165, 1.54) is 27.0 Å². The van der Waals surface area contributed by atoms with Crippen molar-refractivity contribution in [3.63, 3.8) is 0 Å². The molecule has 0 aromatic rings. The van der Waals surface area contributed by atoms with Crippen LogP contribution < -0.4 is 0 Å². The fourth-order valence-electron chi connectivity index (χ4n) is 0.500. The summed E-state index contributed by atoms with van der Waals surface area (Å²) in [4.78, 5) is 0. The van der Waals surface area contributed by atoms with Crippen LogP contribution in [0.1, 0.15) is 33.1 Å². The Bertz CT molecular complexity index is 42.0. The van der Waals surface area contributed by atoms with Crippen molar-refractivity contribution in [1.82, 2.24) is 0 Å². The standard InChI is InChI=1S/C6H14O.ClH.Mg/c1-3-4-5-6(2)7;;/h6-7H,3-5H2,1-2H3;1H;/q;;+3/p-1. The molecule has 9 heavy (non-hydrogen) atoms. The van der Waals surface area contributed by atoms with Gasteiger partial charge in [0, 0.05) is 0 Å². The van der Waals surface area contributed by atoms with E-state index in [1.807, 2.05) is 6.92 Å². The lowest BCUT2D eigenvalue weighted by molar-refractivity contribution is 0.181. The van der Waals surface area contributed by atoms with Crippen LogP contribution in [0, 0.1) is 0 Å². The molecule has 1 N–H and O–H groups in total. The van der Waals surface area contributed by atoms with Gasteiger partial charge in [0.25, 0.3) is 0 Å². The van der Waals surface area contributed by atoms with Gasteiger partial charge in [-0.1, -0.05) is 19.8 Å². The van der Waals surface area contributed by atoms with Crippen LogP contribution in [-0.2, 0) is 0 Å². The van der Waals surface area contributed by atoms with Crippen LogP contribution in [0.3, 0.4) is 0 Å². The first-order valence-corrected chi connectivity index (χ1v) is 5.36. The molecule has 1 nitrogen and oxygen atoms in total. The van der Waals surface area contributed by atoms with Crippen molar-refractivity contribution in [2.24, 2.45) is 0 Å². The van der Waals surface area contributed by atoms with Gasteiger partial charge in [-0.05, 0) is 13.3 Å². The number of halogens is 1. The van der Waals surface area contributed by atoms with Crippen molar-refractivity contribution in [3.05, 3.63) is 0 Å². The summed E-state index contributed by atoms with van der Waals surface area (Å²) < 4.78 is 0. The topological polar surface area (TPSA) is 20.2 Å². The minimum atomic E-state index is -0.0973. The number of unbranched alkanes of at least 4 members (excludes halogenated alkanes) is 1. The summed E-state index contributed by atoms with van der Waals surface area (Å²) in [7, 11) is 4.67. The summed E-state index contributed by atoms with van der Waals surface area (Å²) in [5.74, 6) is 0. The van der Waals surface area contributed by atoms with Gasteiger partial charge in [0.1, 0.15) is 0 Å². The van der Waals surface area contributed by atoms with Gasteiger partial charge in [-0.3, -0.25) is 0 Å². The molecule has 0 aliphatic carbocycles. The number of rotatable bonds is 3. The normalized spacial score (nSPS) is 11.7. The monoisotopic (exact) mass is 161 g/mol. The van der Waals surface area contributed by atoms with E-state index in [9.17, 15) is 0 Å². The fraction of sp³-hybridized carbons (Fsp3) is 1.00. The Morgan fingerprint density at radius 2 is 2.00 bits per heavy atom. The van der Waals surface area contributed by atoms with E-state index < -0.39 is 0 Å². The predicted molar refractivity (Wildman–Crippen MR) is 42.8 cm³/mol. The van der Waals surface area contributed by atoms with Crippen LogP contribution in [0.15, 0.2) is 0 Å². The quantitative estimate of drug-likeness (QED) is 0.627. The molecule has 0 saturated heterocycles. The zero-order valence-electron chi connectivity index (χ0n) is 6.23. The molecular formula is C6H14ClMgO+2. The Labute approximate surface area is 74.0 Å². The highest BCUT2D eigenvalue weighted by Crippen LogP contribution is 1.97. The number of aliphatic hydroxyl groups excluding tert-OH is 1. The second kappa shape index (κ2) is 11.8. The zero-order chi connectivity index (χ0) is 7.70. The van der Waals surface area contributed by atoms with Gasteiger partial charge in [0.05, 0.1) is 6.10 Å². The molecule has 0 aromatic heterocycles. The van der Waals surface area contributed by atoms with Gasteiger partial charge < -0.3 is 5.11 Å². The fourth-order valence-corrected chi connectivity index (χ4v) is 0.500. The summed E-state index contributed by atoms with van der Waals surface area (Å²) in [6.07, 6.45) is 3.19. The van der Waals surface area contributed by atoms with E-state index in [-0.39, 0.29) is 6.10 Å². The second-order valence-corrected chi connectivity index (χ2v) is 1.99. The first kappa shape index (κ1) is 12.7. The second-order valence-electron chi connectivity index (χ2n) is 1.99. The molecule has 1 atom stereocenters. The van der Waals surface area contributed by atoms with E-state index in [0.717, 1.165) is 12.8 Å². The maximum Gasteiger partial charge on any atom is 1.59 e. The Balaban J connectivity index is 0. The number of aliphatic hydroxyl groups is 1. The van der Waals surface area contributed by atoms with Crippen LogP contribution >= 0.6 is 9.07 Å². The lowest BCUT2D eigenvalue weighted by Crippen LogP contribution is -1.97. The summed E-state index contributed by atoms with van der Waals surface area (Å²) in [6, 6.07) is 0. The van der Waals surface area contributed by atoms with E-state index in [0.29, 0.717) is 0 Å². The molecule has 0 aliphatic heterocycles. The summed E-state index contributed by atoms with van der Waals surface area (Å²) in [5, 5.41) is 8.68. The Kier molecular flexibility index (Phi) is 16.6. The Morgan fingerprint density at radius 1 is 1.56 bits per heavy atom. The van der Waals surface area contributed by atoms with Crippen LogP contribution in [0.5, 0.6) is 0 Å². The van der Waals surface area contributed by atoms with E-state index >= 15 is 0 Å². The van der Waals surface area contributed by atoms with Gasteiger partial charge in [-0.15, -0.1) is 0 Å². The highest BCUT2D eigenvalue weighted by Gasteiger charge is 2.16. The molecule has 7 radical (unpaired) electrons. The van der Waals surface area contributed by atoms with Crippen molar-refractivity contribution in [2.45, 2.75) is 39.2 Å². The van der Waals surface area contributed by atoms with Gasteiger partial charge in [-0.2, -0.15) is 0 Å². The first-order chi connectivity index (χ1) is 4.27. The molecule has 1 unspecified atom stereocenters. The maximum atomic E-state index is 8.68. The van der Waals surface area contributed by atoms with Gasteiger partial charge in [0.15, 0.2) is 0 Å². The smallest absolute Gasteiger partial charge is 0.393 e. The predicted octanol–water partition coefficient (Wildman–Crippen LogP) is 1.87. The summed E-state index contributed by atoms with van der Waals surface area (Å²) in [6.45, 7) is 3.96. The molecular weight excluding hydrogens is 148 g/mol. The average molecular weight is 162 g/mol. The van der Waals surface area contributed by atoms with Crippen molar-refractivity contribution in [1.29, 1.82) is 0 Å². The molecule has 0 rings (SSSR count). The summed E-state index contributed by atoms with van der Waals surface area (Å²) >= 11 is 1.33.